The number of hydrogen-bond acceptors (Lipinski definition) is 3. The summed E-state index contributed by atoms with van der Waals surface area (Å²) in [4.78, 5) is 9.15. The van der Waals surface area contributed by atoms with Gasteiger partial charge in [-0.15, -0.1) is 24.0 Å². The molecule has 0 unspecified atom stereocenters. The molecule has 5 nitrogen and oxygen atoms in total. The second kappa shape index (κ2) is 10.7. The second-order valence-corrected chi connectivity index (χ2v) is 5.30. The second-order valence-electron chi connectivity index (χ2n) is 5.30. The highest BCUT2D eigenvalue weighted by Gasteiger charge is 2.11. The van der Waals surface area contributed by atoms with E-state index in [1.54, 1.807) is 0 Å². The van der Waals surface area contributed by atoms with Crippen LogP contribution >= 0.6 is 24.0 Å². The number of likely N-dealkylation sites (N-methyl/N-ethyl adjacent to an activating group) is 1. The Morgan fingerprint density at radius 2 is 1.95 bits per heavy atom. The number of rotatable bonds is 4. The van der Waals surface area contributed by atoms with Crippen LogP contribution in [-0.4, -0.2) is 75.2 Å². The van der Waals surface area contributed by atoms with E-state index < -0.39 is 0 Å². The van der Waals surface area contributed by atoms with Crippen molar-refractivity contribution in [3.63, 3.8) is 0 Å². The van der Waals surface area contributed by atoms with Crippen molar-refractivity contribution in [2.45, 2.75) is 26.3 Å². The fraction of sp³-hybridized carbons (Fsp3) is 0.923. The summed E-state index contributed by atoms with van der Waals surface area (Å²) in [5.41, 5.74) is 0. The topological polar surface area (TPSA) is 42.9 Å². The van der Waals surface area contributed by atoms with Gasteiger partial charge in [-0.05, 0) is 40.4 Å². The zero-order chi connectivity index (χ0) is 13.4. The molecule has 0 aromatic carbocycles. The van der Waals surface area contributed by atoms with Crippen molar-refractivity contribution in [2.75, 3.05) is 53.4 Å². The third-order valence-electron chi connectivity index (χ3n) is 3.18. The molecule has 114 valence electrons. The molecule has 1 aliphatic rings. The molecule has 1 aliphatic heterocycles. The molecule has 6 heteroatoms. The maximum atomic E-state index is 4.21. The zero-order valence-corrected chi connectivity index (χ0v) is 15.1. The molecular formula is C13H30IN5. The molecule has 2 N–H and O–H groups in total. The summed E-state index contributed by atoms with van der Waals surface area (Å²) >= 11 is 0. The number of aliphatic imine (C=N–C) groups is 1. The summed E-state index contributed by atoms with van der Waals surface area (Å²) in [6, 6.07) is 0.419. The van der Waals surface area contributed by atoms with Crippen molar-refractivity contribution < 1.29 is 0 Å². The molecule has 0 amide bonds. The van der Waals surface area contributed by atoms with E-state index in [-0.39, 0.29) is 24.0 Å². The lowest BCUT2D eigenvalue weighted by Gasteiger charge is -2.21. The molecule has 0 atom stereocenters. The fourth-order valence-corrected chi connectivity index (χ4v) is 2.12. The lowest BCUT2D eigenvalue weighted by molar-refractivity contribution is 0.280. The van der Waals surface area contributed by atoms with Gasteiger partial charge in [0.15, 0.2) is 5.96 Å². The first kappa shape index (κ1) is 18.9. The van der Waals surface area contributed by atoms with E-state index in [4.69, 9.17) is 0 Å². The Balaban J connectivity index is 0.00000324. The van der Waals surface area contributed by atoms with Crippen molar-refractivity contribution in [1.29, 1.82) is 0 Å². The lowest BCUT2D eigenvalue weighted by Crippen LogP contribution is -2.44. The van der Waals surface area contributed by atoms with Crippen LogP contribution in [0.25, 0.3) is 0 Å². The van der Waals surface area contributed by atoms with Crippen LogP contribution in [0.4, 0.5) is 0 Å². The standard InChI is InChI=1S/C13H29N5.HI/c1-12(2)16-13(14-3)15-6-9-18-8-5-7-17(4)10-11-18;/h12H,5-11H2,1-4H3,(H2,14,15,16);1H. The highest BCUT2D eigenvalue weighted by atomic mass is 127. The van der Waals surface area contributed by atoms with Crippen molar-refractivity contribution >= 4 is 29.9 Å². The molecule has 0 bridgehead atoms. The van der Waals surface area contributed by atoms with Crippen LogP contribution in [0.5, 0.6) is 0 Å². The van der Waals surface area contributed by atoms with Crippen LogP contribution in [0.15, 0.2) is 4.99 Å². The molecule has 0 saturated carbocycles. The van der Waals surface area contributed by atoms with E-state index in [1.807, 2.05) is 7.05 Å². The van der Waals surface area contributed by atoms with E-state index in [0.717, 1.165) is 19.0 Å². The van der Waals surface area contributed by atoms with Crippen molar-refractivity contribution in [2.24, 2.45) is 4.99 Å². The number of nitrogens with one attached hydrogen (secondary N) is 2. The van der Waals surface area contributed by atoms with Crippen LogP contribution in [0.3, 0.4) is 0 Å². The van der Waals surface area contributed by atoms with Gasteiger partial charge in [-0.1, -0.05) is 0 Å². The van der Waals surface area contributed by atoms with Gasteiger partial charge in [0.25, 0.3) is 0 Å². The zero-order valence-electron chi connectivity index (χ0n) is 12.8. The molecular weight excluding hydrogens is 353 g/mol. The van der Waals surface area contributed by atoms with Gasteiger partial charge in [0.1, 0.15) is 0 Å². The summed E-state index contributed by atoms with van der Waals surface area (Å²) in [5.74, 6) is 0.900. The summed E-state index contributed by atoms with van der Waals surface area (Å²) in [6.45, 7) is 11.1. The maximum absolute atomic E-state index is 4.21. The Bertz CT molecular complexity index is 257. The Labute approximate surface area is 135 Å². The summed E-state index contributed by atoms with van der Waals surface area (Å²) in [7, 11) is 4.02. The van der Waals surface area contributed by atoms with Gasteiger partial charge in [-0.3, -0.25) is 4.99 Å². The Hall–Kier alpha value is -0.0800. The molecule has 19 heavy (non-hydrogen) atoms. The fourth-order valence-electron chi connectivity index (χ4n) is 2.12. The predicted octanol–water partition coefficient (Wildman–Crippen LogP) is 0.815. The van der Waals surface area contributed by atoms with Gasteiger partial charge in [0.2, 0.25) is 0 Å². The average Bonchev–Trinajstić information content (AvgIpc) is 2.52. The van der Waals surface area contributed by atoms with Gasteiger partial charge >= 0.3 is 0 Å². The minimum Gasteiger partial charge on any atom is -0.355 e. The third kappa shape index (κ3) is 8.65. The Kier molecular flexibility index (Phi) is 10.6. The quantitative estimate of drug-likeness (QED) is 0.429. The van der Waals surface area contributed by atoms with Gasteiger partial charge in [0, 0.05) is 39.3 Å². The molecule has 0 radical (unpaired) electrons. The van der Waals surface area contributed by atoms with Crippen LogP contribution in [0.2, 0.25) is 0 Å². The Morgan fingerprint density at radius 3 is 2.58 bits per heavy atom. The highest BCUT2D eigenvalue weighted by molar-refractivity contribution is 14.0. The van der Waals surface area contributed by atoms with E-state index in [9.17, 15) is 0 Å². The predicted molar refractivity (Wildman–Crippen MR) is 93.6 cm³/mol. The largest absolute Gasteiger partial charge is 0.355 e. The van der Waals surface area contributed by atoms with E-state index in [1.165, 1.54) is 32.6 Å². The van der Waals surface area contributed by atoms with Gasteiger partial charge in [-0.2, -0.15) is 0 Å². The van der Waals surface area contributed by atoms with Gasteiger partial charge < -0.3 is 20.4 Å². The first-order valence-electron chi connectivity index (χ1n) is 7.00. The smallest absolute Gasteiger partial charge is 0.191 e. The van der Waals surface area contributed by atoms with Crippen LogP contribution in [0.1, 0.15) is 20.3 Å². The van der Waals surface area contributed by atoms with Gasteiger partial charge in [-0.25, -0.2) is 0 Å². The van der Waals surface area contributed by atoms with E-state index in [2.05, 4.69) is 46.3 Å². The molecule has 1 rings (SSSR count). The number of halogens is 1. The molecule has 1 saturated heterocycles. The number of guanidine groups is 1. The Morgan fingerprint density at radius 1 is 1.21 bits per heavy atom. The van der Waals surface area contributed by atoms with Crippen LogP contribution in [0, 0.1) is 0 Å². The lowest BCUT2D eigenvalue weighted by atomic mass is 10.4. The maximum Gasteiger partial charge on any atom is 0.191 e. The normalized spacial score (nSPS) is 18.9. The van der Waals surface area contributed by atoms with Crippen molar-refractivity contribution in [1.82, 2.24) is 20.4 Å². The number of hydrogen-bond donors (Lipinski definition) is 2. The van der Waals surface area contributed by atoms with Crippen molar-refractivity contribution in [3.8, 4) is 0 Å². The minimum absolute atomic E-state index is 0. The molecule has 0 spiro atoms. The van der Waals surface area contributed by atoms with Crippen molar-refractivity contribution in [3.05, 3.63) is 0 Å². The molecule has 0 aromatic rings. The first-order valence-corrected chi connectivity index (χ1v) is 7.00. The molecule has 1 heterocycles. The van der Waals surface area contributed by atoms with E-state index in [0.29, 0.717) is 6.04 Å². The van der Waals surface area contributed by atoms with Crippen LogP contribution in [-0.2, 0) is 0 Å². The SMILES string of the molecule is CN=C(NCCN1CCCN(C)CC1)NC(C)C.I. The molecule has 0 aliphatic carbocycles. The van der Waals surface area contributed by atoms with E-state index >= 15 is 0 Å². The monoisotopic (exact) mass is 383 g/mol. The summed E-state index contributed by atoms with van der Waals surface area (Å²) < 4.78 is 0. The highest BCUT2D eigenvalue weighted by Crippen LogP contribution is 1.99. The third-order valence-corrected chi connectivity index (χ3v) is 3.18. The van der Waals surface area contributed by atoms with Gasteiger partial charge in [0.05, 0.1) is 0 Å². The first-order chi connectivity index (χ1) is 8.61. The molecule has 1 fully saturated rings. The summed E-state index contributed by atoms with van der Waals surface area (Å²) in [5, 5.41) is 6.66. The average molecular weight is 383 g/mol. The number of nitrogens with zero attached hydrogens (tertiary/aromatic N) is 3. The van der Waals surface area contributed by atoms with Crippen LogP contribution < -0.4 is 10.6 Å². The molecule has 0 aromatic heterocycles. The minimum atomic E-state index is 0. The summed E-state index contributed by atoms with van der Waals surface area (Å²) in [6.07, 6.45) is 1.27.